The first-order valence-electron chi connectivity index (χ1n) is 13.3. The number of alkyl halides is 3. The van der Waals surface area contributed by atoms with Crippen LogP contribution in [0.2, 0.25) is 0 Å². The maximum absolute atomic E-state index is 14.2. The lowest BCUT2D eigenvalue weighted by atomic mass is 9.85. The van der Waals surface area contributed by atoms with Gasteiger partial charge in [0.05, 0.1) is 26.2 Å². The molecular formula is C29H31F3NO7+. The largest absolute Gasteiger partial charge is 0.509 e. The van der Waals surface area contributed by atoms with E-state index in [4.69, 9.17) is 18.9 Å². The third-order valence-corrected chi connectivity index (χ3v) is 8.62. The van der Waals surface area contributed by atoms with Crippen molar-refractivity contribution in [3.05, 3.63) is 71.8 Å². The first-order chi connectivity index (χ1) is 19.1. The van der Waals surface area contributed by atoms with Crippen LogP contribution in [0.15, 0.2) is 60.7 Å². The minimum Gasteiger partial charge on any atom is -0.454 e. The predicted molar refractivity (Wildman–Crippen MR) is 134 cm³/mol. The standard InChI is InChI=1S/C29H31F3NO7/c1-37-27(36)40-28(19-10-4-2-5-11-19,20-12-6-3-7-13-20)25(34)38-23-18-21-14-15-22(33(21)16-8-9-17-33)24(23)39-26(35)29(30,31)32/h2-7,10-13,21-24H,8-9,14-18H2,1H3/q+1. The first kappa shape index (κ1) is 27.9. The van der Waals surface area contributed by atoms with E-state index in [0.29, 0.717) is 10.9 Å². The number of piperidine rings is 1. The quantitative estimate of drug-likeness (QED) is 0.288. The van der Waals surface area contributed by atoms with Gasteiger partial charge in [-0.15, -0.1) is 0 Å². The third kappa shape index (κ3) is 4.80. The van der Waals surface area contributed by atoms with Crippen molar-refractivity contribution >= 4 is 18.1 Å². The summed E-state index contributed by atoms with van der Waals surface area (Å²) in [6, 6.07) is 16.0. The summed E-state index contributed by atoms with van der Waals surface area (Å²) < 4.78 is 62.2. The summed E-state index contributed by atoms with van der Waals surface area (Å²) in [4.78, 5) is 38.8. The molecule has 3 fully saturated rings. The number of hydrogen-bond donors (Lipinski definition) is 0. The molecule has 0 aromatic heterocycles. The molecule has 2 aromatic rings. The smallest absolute Gasteiger partial charge is 0.454 e. The summed E-state index contributed by atoms with van der Waals surface area (Å²) >= 11 is 0. The minimum absolute atomic E-state index is 0.0514. The molecule has 0 N–H and O–H groups in total. The van der Waals surface area contributed by atoms with Crippen LogP contribution in [0.3, 0.4) is 0 Å². The fraction of sp³-hybridized carbons (Fsp3) is 0.483. The molecule has 1 spiro atoms. The lowest BCUT2D eigenvalue weighted by Crippen LogP contribution is -2.67. The fourth-order valence-electron chi connectivity index (χ4n) is 6.96. The zero-order chi connectivity index (χ0) is 28.5. The summed E-state index contributed by atoms with van der Waals surface area (Å²) in [5.74, 6) is -3.34. The summed E-state index contributed by atoms with van der Waals surface area (Å²) in [6.07, 6.45) is -5.50. The van der Waals surface area contributed by atoms with E-state index in [0.717, 1.165) is 39.5 Å². The van der Waals surface area contributed by atoms with E-state index in [9.17, 15) is 27.6 Å². The zero-order valence-electron chi connectivity index (χ0n) is 22.0. The molecule has 3 aliphatic rings. The number of nitrogens with zero attached hydrogens (tertiary/aromatic N) is 1. The van der Waals surface area contributed by atoms with Crippen LogP contribution in [0.1, 0.15) is 43.2 Å². The average Bonchev–Trinajstić information content (AvgIpc) is 3.52. The SMILES string of the molecule is COC(=O)OC(C(=O)OC1CC2CCC(C1OC(=O)C(F)(F)F)[N+]21CCCC1)(c1ccccc1)c1ccccc1. The maximum Gasteiger partial charge on any atom is 0.509 e. The first-order valence-corrected chi connectivity index (χ1v) is 13.3. The molecule has 11 heteroatoms. The molecule has 5 rings (SSSR count). The number of carbonyl (C=O) groups excluding carboxylic acids is 3. The van der Waals surface area contributed by atoms with Gasteiger partial charge in [0.1, 0.15) is 6.04 Å². The van der Waals surface area contributed by atoms with Crippen LogP contribution < -0.4 is 0 Å². The van der Waals surface area contributed by atoms with Crippen molar-refractivity contribution in [1.29, 1.82) is 0 Å². The van der Waals surface area contributed by atoms with E-state index in [1.165, 1.54) is 0 Å². The van der Waals surface area contributed by atoms with E-state index in [1.54, 1.807) is 60.7 Å². The Kier molecular flexibility index (Phi) is 7.52. The highest BCUT2D eigenvalue weighted by atomic mass is 19.4. The number of hydrogen-bond acceptors (Lipinski definition) is 7. The van der Waals surface area contributed by atoms with Gasteiger partial charge in [0.2, 0.25) is 0 Å². The van der Waals surface area contributed by atoms with Crippen molar-refractivity contribution in [3.8, 4) is 0 Å². The Morgan fingerprint density at radius 1 is 0.825 bits per heavy atom. The van der Waals surface area contributed by atoms with E-state index in [-0.39, 0.29) is 23.6 Å². The molecule has 8 nitrogen and oxygen atoms in total. The van der Waals surface area contributed by atoms with Gasteiger partial charge in [-0.3, -0.25) is 0 Å². The van der Waals surface area contributed by atoms with Gasteiger partial charge in [-0.1, -0.05) is 60.7 Å². The van der Waals surface area contributed by atoms with Gasteiger partial charge in [0, 0.05) is 43.2 Å². The van der Waals surface area contributed by atoms with Crippen molar-refractivity contribution in [3.63, 3.8) is 0 Å². The number of esters is 2. The molecule has 0 aliphatic carbocycles. The Hall–Kier alpha value is -3.60. The minimum atomic E-state index is -5.20. The molecule has 4 atom stereocenters. The number of methoxy groups -OCH3 is 1. The van der Waals surface area contributed by atoms with Crippen molar-refractivity contribution in [2.24, 2.45) is 0 Å². The third-order valence-electron chi connectivity index (χ3n) is 8.62. The van der Waals surface area contributed by atoms with Crippen molar-refractivity contribution in [1.82, 2.24) is 0 Å². The van der Waals surface area contributed by atoms with Crippen LogP contribution in [0.5, 0.6) is 0 Å². The molecule has 2 aromatic carbocycles. The lowest BCUT2D eigenvalue weighted by Gasteiger charge is -2.50. The molecule has 3 saturated heterocycles. The Morgan fingerprint density at radius 3 is 1.93 bits per heavy atom. The van der Waals surface area contributed by atoms with Crippen molar-refractivity contribution in [2.45, 2.75) is 68.2 Å². The van der Waals surface area contributed by atoms with E-state index < -0.39 is 48.1 Å². The topological polar surface area (TPSA) is 88.1 Å². The highest BCUT2D eigenvalue weighted by Gasteiger charge is 2.64. The Bertz CT molecular complexity index is 1190. The van der Waals surface area contributed by atoms with Gasteiger partial charge in [-0.2, -0.15) is 13.2 Å². The number of benzene rings is 2. The number of quaternary nitrogens is 1. The normalized spacial score (nSPS) is 25.3. The molecule has 4 unspecified atom stereocenters. The van der Waals surface area contributed by atoms with Crippen LogP contribution >= 0.6 is 0 Å². The Labute approximate surface area is 229 Å². The molecule has 0 saturated carbocycles. The number of carbonyl (C=O) groups is 3. The van der Waals surface area contributed by atoms with E-state index in [1.807, 2.05) is 0 Å². The summed E-state index contributed by atoms with van der Waals surface area (Å²) in [6.45, 7) is 1.55. The Morgan fingerprint density at radius 2 is 1.40 bits per heavy atom. The molecule has 214 valence electrons. The molecule has 0 amide bonds. The number of halogens is 3. The number of rotatable bonds is 6. The van der Waals surface area contributed by atoms with Crippen LogP contribution in [0.25, 0.3) is 0 Å². The molecule has 0 radical (unpaired) electrons. The molecule has 3 heterocycles. The number of ether oxygens (including phenoxy) is 4. The van der Waals surface area contributed by atoms with Gasteiger partial charge >= 0.3 is 24.3 Å². The van der Waals surface area contributed by atoms with Crippen LogP contribution in [0.4, 0.5) is 18.0 Å². The summed E-state index contributed by atoms with van der Waals surface area (Å²) in [5.41, 5.74) is -1.63. The monoisotopic (exact) mass is 562 g/mol. The lowest BCUT2D eigenvalue weighted by molar-refractivity contribution is -0.959. The highest BCUT2D eigenvalue weighted by Crippen LogP contribution is 2.48. The van der Waals surface area contributed by atoms with Crippen LogP contribution in [-0.4, -0.2) is 73.2 Å². The van der Waals surface area contributed by atoms with Crippen molar-refractivity contribution in [2.75, 3.05) is 20.2 Å². The average molecular weight is 563 g/mol. The van der Waals surface area contributed by atoms with Gasteiger partial charge in [0.15, 0.2) is 12.2 Å². The zero-order valence-corrected chi connectivity index (χ0v) is 22.0. The Balaban J connectivity index is 1.55. The second-order valence-corrected chi connectivity index (χ2v) is 10.6. The second-order valence-electron chi connectivity index (χ2n) is 10.6. The summed E-state index contributed by atoms with van der Waals surface area (Å²) in [5, 5.41) is 0. The van der Waals surface area contributed by atoms with Crippen molar-refractivity contribution < 1.29 is 51.0 Å². The van der Waals surface area contributed by atoms with Gasteiger partial charge in [-0.05, 0) is 0 Å². The van der Waals surface area contributed by atoms with Crippen LogP contribution in [0, 0.1) is 0 Å². The van der Waals surface area contributed by atoms with E-state index in [2.05, 4.69) is 0 Å². The van der Waals surface area contributed by atoms with E-state index >= 15 is 0 Å². The molecular weight excluding hydrogens is 531 g/mol. The predicted octanol–water partition coefficient (Wildman–Crippen LogP) is 4.64. The summed E-state index contributed by atoms with van der Waals surface area (Å²) in [7, 11) is 1.10. The van der Waals surface area contributed by atoms with Gasteiger partial charge in [0.25, 0.3) is 5.60 Å². The molecule has 3 aliphatic heterocycles. The van der Waals surface area contributed by atoms with Gasteiger partial charge < -0.3 is 23.4 Å². The highest BCUT2D eigenvalue weighted by molar-refractivity contribution is 5.88. The second kappa shape index (κ2) is 10.8. The van der Waals surface area contributed by atoms with Gasteiger partial charge in [-0.25, -0.2) is 14.4 Å². The molecule has 40 heavy (non-hydrogen) atoms. The maximum atomic E-state index is 14.2. The fourth-order valence-corrected chi connectivity index (χ4v) is 6.96. The molecule has 2 bridgehead atoms. The van der Waals surface area contributed by atoms with Crippen LogP contribution in [-0.2, 0) is 34.1 Å².